The van der Waals surface area contributed by atoms with Gasteiger partial charge >= 0.3 is 0 Å². The van der Waals surface area contributed by atoms with E-state index in [4.69, 9.17) is 0 Å². The van der Waals surface area contributed by atoms with Crippen molar-refractivity contribution in [3.05, 3.63) is 53.0 Å². The highest BCUT2D eigenvalue weighted by Gasteiger charge is 2.32. The van der Waals surface area contributed by atoms with Crippen LogP contribution in [0.3, 0.4) is 0 Å². The molecular formula is C16H16N2OS. The maximum atomic E-state index is 12.2. The van der Waals surface area contributed by atoms with E-state index in [0.717, 1.165) is 22.2 Å². The number of carbonyl (C=O) groups excluding carboxylic acids is 1. The summed E-state index contributed by atoms with van der Waals surface area (Å²) in [6, 6.07) is 9.97. The number of nitrogens with zero attached hydrogens (tertiary/aromatic N) is 2. The predicted octanol–water partition coefficient (Wildman–Crippen LogP) is 3.60. The van der Waals surface area contributed by atoms with Gasteiger partial charge in [-0.2, -0.15) is 4.99 Å². The zero-order valence-electron chi connectivity index (χ0n) is 11.5. The highest BCUT2D eigenvalue weighted by Crippen LogP contribution is 2.39. The molecule has 1 atom stereocenters. The summed E-state index contributed by atoms with van der Waals surface area (Å²) >= 11 is 1.60. The monoisotopic (exact) mass is 284 g/mol. The molecule has 0 radical (unpaired) electrons. The summed E-state index contributed by atoms with van der Waals surface area (Å²) in [5.74, 6) is -0.0989. The largest absolute Gasteiger partial charge is 0.324 e. The average Bonchev–Trinajstić information content (AvgIpc) is 2.48. The first-order valence-electron chi connectivity index (χ1n) is 6.61. The molecule has 0 spiro atoms. The number of anilines is 1. The molecule has 1 amide bonds. The lowest BCUT2D eigenvalue weighted by Crippen LogP contribution is -2.31. The number of fused-ring (bicyclic) bond motifs is 1. The van der Waals surface area contributed by atoms with Crippen molar-refractivity contribution < 1.29 is 4.79 Å². The van der Waals surface area contributed by atoms with Crippen LogP contribution >= 0.6 is 11.8 Å². The van der Waals surface area contributed by atoms with Gasteiger partial charge in [-0.3, -0.25) is 4.79 Å². The molecule has 1 aliphatic heterocycles. The number of carbonyl (C=O) groups is 1. The third-order valence-corrected chi connectivity index (χ3v) is 4.75. The van der Waals surface area contributed by atoms with E-state index in [1.165, 1.54) is 5.57 Å². The van der Waals surface area contributed by atoms with Crippen molar-refractivity contribution in [2.24, 2.45) is 10.9 Å². The summed E-state index contributed by atoms with van der Waals surface area (Å²) in [6.07, 6.45) is 4.95. The Balaban J connectivity index is 1.89. The number of allylic oxidation sites excluding steroid dienone is 3. The van der Waals surface area contributed by atoms with Gasteiger partial charge in [-0.25, -0.2) is 0 Å². The van der Waals surface area contributed by atoms with Crippen LogP contribution in [0.15, 0.2) is 58.0 Å². The summed E-state index contributed by atoms with van der Waals surface area (Å²) in [5, 5.41) is 0.747. The van der Waals surface area contributed by atoms with Gasteiger partial charge in [-0.1, -0.05) is 47.7 Å². The zero-order chi connectivity index (χ0) is 14.1. The fourth-order valence-corrected chi connectivity index (χ4v) is 3.40. The van der Waals surface area contributed by atoms with Crippen LogP contribution in [0.2, 0.25) is 0 Å². The quantitative estimate of drug-likeness (QED) is 0.790. The van der Waals surface area contributed by atoms with E-state index in [0.29, 0.717) is 0 Å². The van der Waals surface area contributed by atoms with Crippen LogP contribution in [0.5, 0.6) is 0 Å². The van der Waals surface area contributed by atoms with Crippen LogP contribution in [-0.2, 0) is 4.79 Å². The van der Waals surface area contributed by atoms with Crippen LogP contribution < -0.4 is 4.90 Å². The third-order valence-electron chi connectivity index (χ3n) is 3.55. The summed E-state index contributed by atoms with van der Waals surface area (Å²) in [4.78, 5) is 19.6. The SMILES string of the molecule is CC1=CC=C2SC(N(C)c3ccccc3)=NC(=O)C2C1. The number of thioether (sulfide) groups is 1. The first-order chi connectivity index (χ1) is 9.65. The van der Waals surface area contributed by atoms with Gasteiger partial charge in [-0.05, 0) is 25.5 Å². The molecule has 3 nitrogen and oxygen atoms in total. The van der Waals surface area contributed by atoms with E-state index >= 15 is 0 Å². The summed E-state index contributed by atoms with van der Waals surface area (Å²) in [5.41, 5.74) is 2.27. The third kappa shape index (κ3) is 2.43. The van der Waals surface area contributed by atoms with Gasteiger partial charge in [0.1, 0.15) is 0 Å². The standard InChI is InChI=1S/C16H16N2OS/c1-11-8-9-14-13(10-11)15(19)17-16(20-14)18(2)12-6-4-3-5-7-12/h3-9,13H,10H2,1-2H3. The minimum absolute atomic E-state index is 0.0276. The predicted molar refractivity (Wildman–Crippen MR) is 84.8 cm³/mol. The van der Waals surface area contributed by atoms with Crippen molar-refractivity contribution in [1.29, 1.82) is 0 Å². The summed E-state index contributed by atoms with van der Waals surface area (Å²) in [6.45, 7) is 2.06. The number of hydrogen-bond donors (Lipinski definition) is 0. The van der Waals surface area contributed by atoms with E-state index in [9.17, 15) is 4.79 Å². The molecule has 1 unspecified atom stereocenters. The lowest BCUT2D eigenvalue weighted by atomic mass is 9.94. The second-order valence-electron chi connectivity index (χ2n) is 5.07. The van der Waals surface area contributed by atoms with Gasteiger partial charge in [0.25, 0.3) is 5.91 Å². The fourth-order valence-electron chi connectivity index (χ4n) is 2.35. The first-order valence-corrected chi connectivity index (χ1v) is 7.43. The summed E-state index contributed by atoms with van der Waals surface area (Å²) in [7, 11) is 1.94. The topological polar surface area (TPSA) is 32.7 Å². The van der Waals surface area contributed by atoms with E-state index < -0.39 is 0 Å². The van der Waals surface area contributed by atoms with Crippen LogP contribution in [0.4, 0.5) is 5.69 Å². The Morgan fingerprint density at radius 3 is 2.75 bits per heavy atom. The molecule has 0 saturated carbocycles. The second kappa shape index (κ2) is 5.29. The van der Waals surface area contributed by atoms with Gasteiger partial charge in [0.15, 0.2) is 5.17 Å². The molecule has 3 rings (SSSR count). The lowest BCUT2D eigenvalue weighted by molar-refractivity contribution is -0.120. The molecule has 0 saturated heterocycles. The number of amidine groups is 1. The van der Waals surface area contributed by atoms with Gasteiger partial charge in [0.05, 0.1) is 5.92 Å². The summed E-state index contributed by atoms with van der Waals surface area (Å²) < 4.78 is 0. The minimum atomic E-state index is -0.0714. The zero-order valence-corrected chi connectivity index (χ0v) is 12.4. The highest BCUT2D eigenvalue weighted by molar-refractivity contribution is 8.17. The number of hydrogen-bond acceptors (Lipinski definition) is 3. The lowest BCUT2D eigenvalue weighted by Gasteiger charge is -2.29. The molecule has 1 aromatic carbocycles. The Labute approximate surface area is 123 Å². The molecule has 0 fully saturated rings. The number of rotatable bonds is 1. The van der Waals surface area contributed by atoms with E-state index in [2.05, 4.69) is 24.1 Å². The number of aliphatic imine (C=N–C) groups is 1. The molecule has 1 aromatic rings. The maximum absolute atomic E-state index is 12.2. The molecular weight excluding hydrogens is 268 g/mol. The average molecular weight is 284 g/mol. The number of para-hydroxylation sites is 1. The van der Waals surface area contributed by atoms with Gasteiger partial charge in [0, 0.05) is 17.6 Å². The molecule has 1 aliphatic carbocycles. The molecule has 0 aromatic heterocycles. The Hall–Kier alpha value is -1.81. The number of benzene rings is 1. The number of amides is 1. The molecule has 2 aliphatic rings. The van der Waals surface area contributed by atoms with E-state index in [-0.39, 0.29) is 11.8 Å². The smallest absolute Gasteiger partial charge is 0.256 e. The van der Waals surface area contributed by atoms with E-state index in [1.54, 1.807) is 11.8 Å². The van der Waals surface area contributed by atoms with Crippen molar-refractivity contribution in [2.75, 3.05) is 11.9 Å². The minimum Gasteiger partial charge on any atom is -0.324 e. The van der Waals surface area contributed by atoms with Gasteiger partial charge in [-0.15, -0.1) is 0 Å². The molecule has 102 valence electrons. The van der Waals surface area contributed by atoms with Crippen molar-refractivity contribution in [3.8, 4) is 0 Å². The van der Waals surface area contributed by atoms with Crippen LogP contribution in [0.25, 0.3) is 0 Å². The second-order valence-corrected chi connectivity index (χ2v) is 6.11. The molecule has 4 heteroatoms. The van der Waals surface area contributed by atoms with Crippen molar-refractivity contribution in [1.82, 2.24) is 0 Å². The Bertz CT molecular complexity index is 631. The molecule has 1 heterocycles. The first kappa shape index (κ1) is 13.2. The van der Waals surface area contributed by atoms with Gasteiger partial charge in [0.2, 0.25) is 0 Å². The van der Waals surface area contributed by atoms with Crippen molar-refractivity contribution in [3.63, 3.8) is 0 Å². The Morgan fingerprint density at radius 1 is 1.25 bits per heavy atom. The normalized spacial score (nSPS) is 21.6. The molecule has 0 N–H and O–H groups in total. The molecule has 20 heavy (non-hydrogen) atoms. The Kier molecular flexibility index (Phi) is 3.49. The van der Waals surface area contributed by atoms with Gasteiger partial charge < -0.3 is 4.90 Å². The fraction of sp³-hybridized carbons (Fsp3) is 0.250. The highest BCUT2D eigenvalue weighted by atomic mass is 32.2. The van der Waals surface area contributed by atoms with Crippen LogP contribution in [0.1, 0.15) is 13.3 Å². The maximum Gasteiger partial charge on any atom is 0.256 e. The van der Waals surface area contributed by atoms with Crippen molar-refractivity contribution >= 4 is 28.5 Å². The molecule has 0 bridgehead atoms. The van der Waals surface area contributed by atoms with Crippen LogP contribution in [-0.4, -0.2) is 18.1 Å². The van der Waals surface area contributed by atoms with Crippen molar-refractivity contribution in [2.45, 2.75) is 13.3 Å². The van der Waals surface area contributed by atoms with Crippen LogP contribution in [0, 0.1) is 5.92 Å². The Morgan fingerprint density at radius 2 is 2.00 bits per heavy atom. The van der Waals surface area contributed by atoms with E-state index in [1.807, 2.05) is 42.3 Å².